The highest BCUT2D eigenvalue weighted by Crippen LogP contribution is 2.45. The average Bonchev–Trinajstić information content (AvgIpc) is 3.84. The summed E-state index contributed by atoms with van der Waals surface area (Å²) in [7, 11) is 5.54. The van der Waals surface area contributed by atoms with Crippen molar-refractivity contribution >= 4 is 65.0 Å². The normalized spacial score (nSPS) is 23.2. The van der Waals surface area contributed by atoms with E-state index in [-0.39, 0.29) is 61.2 Å². The summed E-state index contributed by atoms with van der Waals surface area (Å²) in [6.07, 6.45) is 6.95. The van der Waals surface area contributed by atoms with Gasteiger partial charge in [-0.25, -0.2) is 9.59 Å². The van der Waals surface area contributed by atoms with Crippen LogP contribution < -0.4 is 21.1 Å². The molecular formula is C44H64ClN5O13S. The number of esters is 1. The number of cyclic esters (lactones) is 1. The predicted octanol–water partition coefficient (Wildman–Crippen LogP) is 3.53. The fourth-order valence-corrected chi connectivity index (χ4v) is 8.58. The zero-order valence-electron chi connectivity index (χ0n) is 37.6. The third kappa shape index (κ3) is 15.8. The van der Waals surface area contributed by atoms with Crippen molar-refractivity contribution in [3.8, 4) is 5.75 Å². The summed E-state index contributed by atoms with van der Waals surface area (Å²) in [6, 6.07) is 3.37. The molecule has 4 rings (SSSR count). The number of carboxylic acids is 1. The van der Waals surface area contributed by atoms with Gasteiger partial charge in [0.15, 0.2) is 0 Å². The Morgan fingerprint density at radius 3 is 2.58 bits per heavy atom. The lowest BCUT2D eigenvalue weighted by Gasteiger charge is -2.30. The van der Waals surface area contributed by atoms with Gasteiger partial charge < -0.3 is 50.4 Å². The van der Waals surface area contributed by atoms with Crippen molar-refractivity contribution in [1.29, 1.82) is 0 Å². The molecule has 0 aliphatic carbocycles. The zero-order valence-corrected chi connectivity index (χ0v) is 39.2. The third-order valence-corrected chi connectivity index (χ3v) is 13.0. The Kier molecular flexibility index (Phi) is 21.6. The van der Waals surface area contributed by atoms with Crippen LogP contribution in [0.15, 0.2) is 42.0 Å². The molecule has 6 N–H and O–H groups in total. The number of thioether (sulfide) groups is 1. The first kappa shape index (κ1) is 53.6. The number of carboxylic acid groups (broad SMARTS) is 1. The number of ether oxygens (including phenoxy) is 4. The van der Waals surface area contributed by atoms with E-state index in [0.717, 1.165) is 36.4 Å². The van der Waals surface area contributed by atoms with E-state index < -0.39 is 59.3 Å². The minimum Gasteiger partial charge on any atom is -0.495 e. The Bertz CT molecular complexity index is 1880. The highest BCUT2D eigenvalue weighted by molar-refractivity contribution is 8.00. The Morgan fingerprint density at radius 2 is 1.91 bits per heavy atom. The SMILES string of the molecule is CNC(=O)C[C@H](OC(=O)C(C)N(C)C(=O)CCCCCN1C(=O)CC(SCC(N)C(=O)O)C1=O)C1(C)OC1CC1CC(C/C=C/C=C(\C)Cc2ccc(Cl)c(OC)c2)NC(=O)O1.CO. The van der Waals surface area contributed by atoms with Crippen molar-refractivity contribution in [1.82, 2.24) is 20.4 Å². The third-order valence-electron chi connectivity index (χ3n) is 11.4. The number of benzene rings is 1. The summed E-state index contributed by atoms with van der Waals surface area (Å²) in [5, 5.41) is 21.3. The number of aliphatic carboxylic acids is 1. The number of epoxide rings is 1. The second kappa shape index (κ2) is 25.7. The monoisotopic (exact) mass is 937 g/mol. The molecule has 0 bridgehead atoms. The maximum absolute atomic E-state index is 13.4. The van der Waals surface area contributed by atoms with E-state index in [1.807, 2.05) is 43.4 Å². The Morgan fingerprint density at radius 1 is 1.19 bits per heavy atom. The number of methoxy groups -OCH3 is 1. The van der Waals surface area contributed by atoms with E-state index in [2.05, 4.69) is 10.6 Å². The van der Waals surface area contributed by atoms with Crippen LogP contribution in [0.3, 0.4) is 0 Å². The van der Waals surface area contributed by atoms with E-state index >= 15 is 0 Å². The van der Waals surface area contributed by atoms with Gasteiger partial charge in [-0.1, -0.05) is 47.9 Å². The van der Waals surface area contributed by atoms with Gasteiger partial charge in [0.05, 0.1) is 29.9 Å². The van der Waals surface area contributed by atoms with Crippen molar-refractivity contribution in [2.75, 3.05) is 40.6 Å². The minimum absolute atomic E-state index is 0.0118. The van der Waals surface area contributed by atoms with Gasteiger partial charge >= 0.3 is 18.0 Å². The molecule has 7 unspecified atom stereocenters. The number of likely N-dealkylation sites (N-methyl/N-ethyl adjacent to an activating group) is 1. The topological polar surface area (TPSA) is 257 Å². The smallest absolute Gasteiger partial charge is 0.407 e. The van der Waals surface area contributed by atoms with Crippen LogP contribution in [0.1, 0.15) is 84.1 Å². The molecule has 3 aliphatic heterocycles. The number of aliphatic hydroxyl groups is 1. The second-order valence-electron chi connectivity index (χ2n) is 16.1. The quantitative estimate of drug-likeness (QED) is 0.0327. The summed E-state index contributed by atoms with van der Waals surface area (Å²) in [6.45, 7) is 5.48. The van der Waals surface area contributed by atoms with Gasteiger partial charge in [-0.3, -0.25) is 28.9 Å². The molecule has 1 aromatic rings. The van der Waals surface area contributed by atoms with Gasteiger partial charge in [-0.05, 0) is 64.2 Å². The number of aliphatic hydroxyl groups excluding tert-OH is 1. The van der Waals surface area contributed by atoms with Gasteiger partial charge in [-0.15, -0.1) is 11.8 Å². The van der Waals surface area contributed by atoms with Gasteiger partial charge in [0.25, 0.3) is 0 Å². The molecule has 1 aromatic carbocycles. The Hall–Kier alpha value is -4.69. The molecule has 3 saturated heterocycles. The van der Waals surface area contributed by atoms with Gasteiger partial charge in [-0.2, -0.15) is 0 Å². The number of hydrogen-bond acceptors (Lipinski definition) is 14. The van der Waals surface area contributed by atoms with E-state index in [1.54, 1.807) is 14.0 Å². The molecule has 0 spiro atoms. The molecule has 20 heteroatoms. The fourth-order valence-electron chi connectivity index (χ4n) is 7.28. The lowest BCUT2D eigenvalue weighted by molar-refractivity contribution is -0.162. The molecule has 0 aromatic heterocycles. The number of alkyl carbamates (subject to hydrolysis) is 1. The summed E-state index contributed by atoms with van der Waals surface area (Å²) in [5.74, 6) is -2.65. The Balaban J connectivity index is 0.00000537. The molecule has 3 aliphatic rings. The van der Waals surface area contributed by atoms with Crippen molar-refractivity contribution in [3.05, 3.63) is 52.6 Å². The molecule has 356 valence electrons. The van der Waals surface area contributed by atoms with Crippen molar-refractivity contribution in [2.45, 2.75) is 132 Å². The van der Waals surface area contributed by atoms with E-state index in [4.69, 9.17) is 46.5 Å². The van der Waals surface area contributed by atoms with Gasteiger partial charge in [0.1, 0.15) is 35.6 Å². The number of halogens is 1. The minimum atomic E-state index is -1.18. The molecule has 8 atom stereocenters. The first-order valence-electron chi connectivity index (χ1n) is 21.2. The van der Waals surface area contributed by atoms with Crippen LogP contribution in [-0.2, 0) is 49.4 Å². The predicted molar refractivity (Wildman–Crippen MR) is 240 cm³/mol. The molecular weight excluding hydrogens is 874 g/mol. The lowest BCUT2D eigenvalue weighted by Crippen LogP contribution is -2.47. The number of nitrogens with one attached hydrogen (secondary N) is 2. The van der Waals surface area contributed by atoms with Gasteiger partial charge in [0.2, 0.25) is 23.6 Å². The summed E-state index contributed by atoms with van der Waals surface area (Å²) < 4.78 is 22.9. The van der Waals surface area contributed by atoms with Gasteiger partial charge in [0, 0.05) is 65.2 Å². The highest BCUT2D eigenvalue weighted by atomic mass is 35.5. The molecule has 3 heterocycles. The lowest BCUT2D eigenvalue weighted by atomic mass is 9.92. The number of allylic oxidation sites excluding steroid dienone is 3. The molecule has 18 nitrogen and oxygen atoms in total. The summed E-state index contributed by atoms with van der Waals surface area (Å²) >= 11 is 7.20. The number of nitrogens with two attached hydrogens (primary N) is 1. The average molecular weight is 939 g/mol. The fraction of sp³-hybridized carbons (Fsp3) is 0.614. The maximum Gasteiger partial charge on any atom is 0.407 e. The molecule has 64 heavy (non-hydrogen) atoms. The van der Waals surface area contributed by atoms with E-state index in [9.17, 15) is 33.6 Å². The number of rotatable bonds is 24. The van der Waals surface area contributed by atoms with Crippen molar-refractivity contribution < 1.29 is 62.7 Å². The van der Waals surface area contributed by atoms with Crippen molar-refractivity contribution in [3.63, 3.8) is 0 Å². The Labute approximate surface area is 383 Å². The van der Waals surface area contributed by atoms with Crippen LogP contribution in [0, 0.1) is 0 Å². The highest BCUT2D eigenvalue weighted by Gasteiger charge is 2.61. The molecule has 3 fully saturated rings. The van der Waals surface area contributed by atoms with Crippen LogP contribution in [0.2, 0.25) is 5.02 Å². The summed E-state index contributed by atoms with van der Waals surface area (Å²) in [4.78, 5) is 90.2. The maximum atomic E-state index is 13.4. The number of nitrogens with zero attached hydrogens (tertiary/aromatic N) is 2. The number of imide groups is 1. The van der Waals surface area contributed by atoms with Crippen LogP contribution in [0.25, 0.3) is 0 Å². The number of unbranched alkanes of at least 4 members (excludes halogenated alkanes) is 2. The zero-order chi connectivity index (χ0) is 47.7. The molecule has 5 amide bonds. The van der Waals surface area contributed by atoms with E-state index in [0.29, 0.717) is 49.3 Å². The van der Waals surface area contributed by atoms with Crippen LogP contribution >= 0.6 is 23.4 Å². The van der Waals surface area contributed by atoms with E-state index in [1.165, 1.54) is 30.8 Å². The largest absolute Gasteiger partial charge is 0.495 e. The second-order valence-corrected chi connectivity index (χ2v) is 17.7. The standard InChI is InChI=1S/C43H60ClN5O12S.CH4O/c1-25(18-27-15-16-30(44)32(19-27)58-6)12-9-10-13-28-20-29(59-42(57)47-28)21-35-43(3,61-35)34(23-36(50)46-4)60-41(56)26(2)48(5)37(51)14-8-7-11-17-49-38(52)22-33(39(49)53)62-24-31(45)40(54)55;1-2/h9-10,12,15-16,19,26,28-29,31,33-35H,7-8,11,13-14,17-18,20-24,45H2,1-6H3,(H,46,50)(H,47,57)(H,54,55);2H,1H3/b10-9+,25-12+;/t26?,28?,29?,31?,33?,34-,35?,43?;/m0./s1. The van der Waals surface area contributed by atoms with Crippen molar-refractivity contribution in [2.24, 2.45) is 5.73 Å². The number of amides is 5. The number of carbonyl (C=O) groups is 7. The number of likely N-dealkylation sites (tertiary alicyclic amines) is 1. The molecule has 0 radical (unpaired) electrons. The molecule has 0 saturated carbocycles. The first-order valence-corrected chi connectivity index (χ1v) is 22.6. The summed E-state index contributed by atoms with van der Waals surface area (Å²) in [5.41, 5.74) is 6.66. The number of carbonyl (C=O) groups excluding carboxylic acids is 6. The number of hydrogen-bond donors (Lipinski definition) is 5. The first-order chi connectivity index (χ1) is 30.4. The van der Waals surface area contributed by atoms with Crippen LogP contribution in [0.4, 0.5) is 4.79 Å². The van der Waals surface area contributed by atoms with Crippen LogP contribution in [-0.4, -0.2) is 150 Å². The van der Waals surface area contributed by atoms with Crippen LogP contribution in [0.5, 0.6) is 5.75 Å².